The van der Waals surface area contributed by atoms with Crippen molar-refractivity contribution in [1.29, 1.82) is 0 Å². The van der Waals surface area contributed by atoms with Crippen molar-refractivity contribution < 1.29 is 9.90 Å². The number of carbonyl (C=O) groups is 1. The number of carboxylic acids is 1. The Hall–Kier alpha value is -0.540. The number of alkyl halides is 2. The van der Waals surface area contributed by atoms with Crippen molar-refractivity contribution in [3.8, 4) is 0 Å². The molecule has 0 heterocycles. The highest BCUT2D eigenvalue weighted by molar-refractivity contribution is 9.10. The van der Waals surface area contributed by atoms with Crippen LogP contribution in [0.4, 0.5) is 0 Å². The van der Waals surface area contributed by atoms with E-state index in [1.165, 1.54) is 0 Å². The Morgan fingerprint density at radius 2 is 2.00 bits per heavy atom. The van der Waals surface area contributed by atoms with Gasteiger partial charge < -0.3 is 5.11 Å². The van der Waals surface area contributed by atoms with Crippen LogP contribution in [-0.2, 0) is 17.1 Å². The molecule has 0 aliphatic carbocycles. The monoisotopic (exact) mass is 276 g/mol. The molecule has 0 bridgehead atoms. The molecule has 0 aromatic heterocycles. The van der Waals surface area contributed by atoms with E-state index in [2.05, 4.69) is 15.9 Å². The Labute approximate surface area is 96.0 Å². The van der Waals surface area contributed by atoms with Gasteiger partial charge >= 0.3 is 5.97 Å². The molecule has 0 fully saturated rings. The molecule has 0 aliphatic heterocycles. The van der Waals surface area contributed by atoms with Crippen LogP contribution in [0.5, 0.6) is 0 Å². The molecule has 1 N–H and O–H groups in total. The van der Waals surface area contributed by atoms with E-state index in [4.69, 9.17) is 16.7 Å². The molecule has 0 saturated carbocycles. The quantitative estimate of drug-likeness (QED) is 0.859. The van der Waals surface area contributed by atoms with Gasteiger partial charge in [0.1, 0.15) is 4.83 Å². The molecule has 0 aliphatic rings. The van der Waals surface area contributed by atoms with Gasteiger partial charge in [0.05, 0.1) is 0 Å². The first-order valence-corrected chi connectivity index (χ1v) is 5.59. The Morgan fingerprint density at radius 3 is 2.50 bits per heavy atom. The minimum absolute atomic E-state index is 0.412. The van der Waals surface area contributed by atoms with E-state index in [9.17, 15) is 4.79 Å². The zero-order valence-corrected chi connectivity index (χ0v) is 9.75. The van der Waals surface area contributed by atoms with E-state index in [1.54, 1.807) is 0 Å². The maximum absolute atomic E-state index is 10.6. The first kappa shape index (κ1) is 11.5. The minimum Gasteiger partial charge on any atom is -0.480 e. The lowest BCUT2D eigenvalue weighted by atomic mass is 10.0. The third-order valence-electron chi connectivity index (χ3n) is 1.93. The molecule has 76 valence electrons. The van der Waals surface area contributed by atoms with Crippen LogP contribution in [0.1, 0.15) is 11.1 Å². The number of benzene rings is 1. The molecule has 4 heteroatoms. The van der Waals surface area contributed by atoms with Gasteiger partial charge in [0.25, 0.3) is 0 Å². The second kappa shape index (κ2) is 5.37. The highest BCUT2D eigenvalue weighted by atomic mass is 79.9. The predicted octanol–water partition coefficient (Wildman–Crippen LogP) is 2.82. The molecule has 1 unspecified atom stereocenters. The number of carboxylic acid groups (broad SMARTS) is 1. The molecular formula is C10H10BrClO2. The fraction of sp³-hybridized carbons (Fsp3) is 0.300. The van der Waals surface area contributed by atoms with Crippen LogP contribution in [0.2, 0.25) is 0 Å². The van der Waals surface area contributed by atoms with E-state index in [-0.39, 0.29) is 0 Å². The summed E-state index contributed by atoms with van der Waals surface area (Å²) in [5.41, 5.74) is 1.96. The van der Waals surface area contributed by atoms with Crippen molar-refractivity contribution >= 4 is 33.5 Å². The third kappa shape index (κ3) is 3.00. The Kier molecular flexibility index (Phi) is 4.42. The van der Waals surface area contributed by atoms with Gasteiger partial charge in [-0.05, 0) is 17.5 Å². The fourth-order valence-corrected chi connectivity index (χ4v) is 1.78. The van der Waals surface area contributed by atoms with Gasteiger partial charge in [-0.3, -0.25) is 4.79 Å². The van der Waals surface area contributed by atoms with Crippen LogP contribution in [-0.4, -0.2) is 15.9 Å². The maximum atomic E-state index is 10.6. The molecule has 1 aromatic rings. The zero-order chi connectivity index (χ0) is 10.6. The smallest absolute Gasteiger partial charge is 0.317 e. The van der Waals surface area contributed by atoms with Gasteiger partial charge in [0.2, 0.25) is 0 Å². The van der Waals surface area contributed by atoms with Gasteiger partial charge in [0, 0.05) is 5.88 Å². The first-order valence-electron chi connectivity index (χ1n) is 4.14. The van der Waals surface area contributed by atoms with Crippen molar-refractivity contribution in [2.45, 2.75) is 17.1 Å². The summed E-state index contributed by atoms with van der Waals surface area (Å²) < 4.78 is 0. The normalized spacial score (nSPS) is 12.4. The molecule has 0 spiro atoms. The number of hydrogen-bond acceptors (Lipinski definition) is 1. The second-order valence-electron chi connectivity index (χ2n) is 2.91. The predicted molar refractivity (Wildman–Crippen MR) is 60.1 cm³/mol. The van der Waals surface area contributed by atoms with Crippen molar-refractivity contribution in [3.63, 3.8) is 0 Å². The van der Waals surface area contributed by atoms with Crippen LogP contribution in [0.15, 0.2) is 24.3 Å². The van der Waals surface area contributed by atoms with Gasteiger partial charge in [-0.1, -0.05) is 40.2 Å². The number of halogens is 2. The van der Waals surface area contributed by atoms with E-state index in [0.717, 1.165) is 11.1 Å². The SMILES string of the molecule is O=C(O)C(Br)Cc1ccccc1CCl. The lowest BCUT2D eigenvalue weighted by Crippen LogP contribution is -2.16. The van der Waals surface area contributed by atoms with Crippen molar-refractivity contribution in [2.24, 2.45) is 0 Å². The summed E-state index contributed by atoms with van der Waals surface area (Å²) in [6.07, 6.45) is 0.457. The van der Waals surface area contributed by atoms with Gasteiger partial charge in [-0.2, -0.15) is 0 Å². The fourth-order valence-electron chi connectivity index (χ4n) is 1.17. The molecule has 1 rings (SSSR count). The van der Waals surface area contributed by atoms with Crippen LogP contribution < -0.4 is 0 Å². The van der Waals surface area contributed by atoms with Crippen LogP contribution in [0, 0.1) is 0 Å². The van der Waals surface area contributed by atoms with Gasteiger partial charge in [-0.25, -0.2) is 0 Å². The Balaban J connectivity index is 2.80. The van der Waals surface area contributed by atoms with E-state index in [1.807, 2.05) is 24.3 Å². The highest BCUT2D eigenvalue weighted by Crippen LogP contribution is 2.16. The first-order chi connectivity index (χ1) is 6.65. The maximum Gasteiger partial charge on any atom is 0.317 e. The summed E-state index contributed by atoms with van der Waals surface area (Å²) in [5.74, 6) is -0.440. The van der Waals surface area contributed by atoms with Crippen molar-refractivity contribution in [2.75, 3.05) is 0 Å². The molecule has 1 aromatic carbocycles. The average molecular weight is 278 g/mol. The standard InChI is InChI=1S/C10H10BrClO2/c11-9(10(13)14)5-7-3-1-2-4-8(7)6-12/h1-4,9H,5-6H2,(H,13,14). The van der Waals surface area contributed by atoms with Gasteiger partial charge in [0.15, 0.2) is 0 Å². The number of hydrogen-bond donors (Lipinski definition) is 1. The third-order valence-corrected chi connectivity index (χ3v) is 2.93. The second-order valence-corrected chi connectivity index (χ2v) is 4.28. The number of aliphatic carboxylic acids is 1. The summed E-state index contributed by atoms with van der Waals surface area (Å²) in [7, 11) is 0. The Bertz CT molecular complexity index is 328. The lowest BCUT2D eigenvalue weighted by Gasteiger charge is -2.08. The summed E-state index contributed by atoms with van der Waals surface area (Å²) in [5, 5.41) is 8.73. The molecule has 1 atom stereocenters. The molecule has 0 saturated heterocycles. The van der Waals surface area contributed by atoms with Crippen LogP contribution in [0.3, 0.4) is 0 Å². The summed E-state index contributed by atoms with van der Waals surface area (Å²) in [4.78, 5) is 10.1. The Morgan fingerprint density at radius 1 is 1.43 bits per heavy atom. The zero-order valence-electron chi connectivity index (χ0n) is 7.41. The molecule has 0 radical (unpaired) electrons. The topological polar surface area (TPSA) is 37.3 Å². The van der Waals surface area contributed by atoms with E-state index in [0.29, 0.717) is 12.3 Å². The minimum atomic E-state index is -0.852. The van der Waals surface area contributed by atoms with Crippen molar-refractivity contribution in [3.05, 3.63) is 35.4 Å². The van der Waals surface area contributed by atoms with E-state index < -0.39 is 10.8 Å². The number of rotatable bonds is 4. The summed E-state index contributed by atoms with van der Waals surface area (Å²) in [6, 6.07) is 7.58. The molecule has 14 heavy (non-hydrogen) atoms. The lowest BCUT2D eigenvalue weighted by molar-refractivity contribution is -0.136. The highest BCUT2D eigenvalue weighted by Gasteiger charge is 2.14. The largest absolute Gasteiger partial charge is 0.480 e. The molecule has 2 nitrogen and oxygen atoms in total. The van der Waals surface area contributed by atoms with Crippen LogP contribution >= 0.6 is 27.5 Å². The summed E-state index contributed by atoms with van der Waals surface area (Å²) >= 11 is 8.83. The molecule has 0 amide bonds. The molecular weight excluding hydrogens is 267 g/mol. The van der Waals surface area contributed by atoms with Crippen LogP contribution in [0.25, 0.3) is 0 Å². The van der Waals surface area contributed by atoms with Gasteiger partial charge in [-0.15, -0.1) is 11.6 Å². The van der Waals surface area contributed by atoms with Crippen molar-refractivity contribution in [1.82, 2.24) is 0 Å². The average Bonchev–Trinajstić information content (AvgIpc) is 2.18. The summed E-state index contributed by atoms with van der Waals surface area (Å²) in [6.45, 7) is 0. The van der Waals surface area contributed by atoms with E-state index >= 15 is 0 Å².